The number of carbonyl (C=O) groups is 2. The number of carboxylic acid groups (broad SMARTS) is 1. The smallest absolute Gasteiger partial charge is 0.307 e. The summed E-state index contributed by atoms with van der Waals surface area (Å²) in [6.07, 6.45) is 0.310. The van der Waals surface area contributed by atoms with E-state index in [1.807, 2.05) is 0 Å². The fourth-order valence-corrected chi connectivity index (χ4v) is 3.66. The molecule has 1 fully saturated rings. The Labute approximate surface area is 135 Å². The van der Waals surface area contributed by atoms with Gasteiger partial charge in [-0.3, -0.25) is 9.59 Å². The molecule has 23 heavy (non-hydrogen) atoms. The van der Waals surface area contributed by atoms with Crippen molar-refractivity contribution in [3.63, 3.8) is 0 Å². The molecule has 0 bridgehead atoms. The Hall–Kier alpha value is -1.93. The first-order valence-corrected chi connectivity index (χ1v) is 8.66. The van der Waals surface area contributed by atoms with Crippen molar-refractivity contribution in [1.29, 1.82) is 0 Å². The Morgan fingerprint density at radius 2 is 1.87 bits per heavy atom. The Kier molecular flexibility index (Phi) is 4.50. The minimum absolute atomic E-state index is 0.0378. The molecule has 2 rings (SSSR count). The number of carbonyl (C=O) groups excluding carboxylic acids is 1. The number of nitrogens with one attached hydrogen (secondary N) is 2. The van der Waals surface area contributed by atoms with Crippen LogP contribution in [-0.4, -0.2) is 30.9 Å². The van der Waals surface area contributed by atoms with E-state index in [0.29, 0.717) is 12.1 Å². The van der Waals surface area contributed by atoms with Crippen LogP contribution in [0.4, 0.5) is 5.69 Å². The first-order valence-electron chi connectivity index (χ1n) is 7.17. The van der Waals surface area contributed by atoms with Crippen molar-refractivity contribution in [3.05, 3.63) is 24.3 Å². The highest BCUT2D eigenvalue weighted by atomic mass is 32.2. The lowest BCUT2D eigenvalue weighted by Crippen LogP contribution is -2.40. The van der Waals surface area contributed by atoms with E-state index in [0.717, 1.165) is 0 Å². The monoisotopic (exact) mass is 340 g/mol. The second-order valence-corrected chi connectivity index (χ2v) is 8.34. The molecular formula is C15H20N2O5S. The number of rotatable bonds is 5. The largest absolute Gasteiger partial charge is 0.481 e. The van der Waals surface area contributed by atoms with Crippen LogP contribution in [0, 0.1) is 11.8 Å². The molecule has 7 nitrogen and oxygen atoms in total. The standard InChI is InChI=1S/C15H20N2O5S/c1-15(2,3)17-23(21,22)10-6-4-5-9(7-10)16-13(18)11-8-12(11)14(19)20/h4-7,11-12,17H,8H2,1-3H3,(H,16,18)(H,19,20)/t11-,12+/m1/s1. The van der Waals surface area contributed by atoms with Crippen LogP contribution in [-0.2, 0) is 19.6 Å². The van der Waals surface area contributed by atoms with Gasteiger partial charge in [-0.1, -0.05) is 6.07 Å². The molecule has 0 saturated heterocycles. The maximum absolute atomic E-state index is 12.3. The minimum Gasteiger partial charge on any atom is -0.481 e. The maximum atomic E-state index is 12.3. The van der Waals surface area contributed by atoms with Crippen LogP contribution in [0.2, 0.25) is 0 Å². The molecule has 1 aromatic carbocycles. The predicted molar refractivity (Wildman–Crippen MR) is 84.4 cm³/mol. The van der Waals surface area contributed by atoms with Crippen molar-refractivity contribution < 1.29 is 23.1 Å². The number of hydrogen-bond donors (Lipinski definition) is 3. The normalized spacial score (nSPS) is 20.8. The summed E-state index contributed by atoms with van der Waals surface area (Å²) >= 11 is 0. The lowest BCUT2D eigenvalue weighted by molar-refractivity contribution is -0.139. The van der Waals surface area contributed by atoms with Gasteiger partial charge in [-0.25, -0.2) is 13.1 Å². The molecule has 2 atom stereocenters. The summed E-state index contributed by atoms with van der Waals surface area (Å²) in [5.74, 6) is -2.60. The van der Waals surface area contributed by atoms with Gasteiger partial charge in [-0.2, -0.15) is 0 Å². The van der Waals surface area contributed by atoms with Gasteiger partial charge in [0.2, 0.25) is 15.9 Å². The molecule has 0 radical (unpaired) electrons. The summed E-state index contributed by atoms with van der Waals surface area (Å²) in [7, 11) is -3.70. The van der Waals surface area contributed by atoms with E-state index < -0.39 is 39.3 Å². The third kappa shape index (κ3) is 4.52. The molecule has 1 saturated carbocycles. The number of anilines is 1. The minimum atomic E-state index is -3.70. The van der Waals surface area contributed by atoms with E-state index in [1.165, 1.54) is 18.2 Å². The van der Waals surface area contributed by atoms with Gasteiger partial charge in [-0.15, -0.1) is 0 Å². The van der Waals surface area contributed by atoms with E-state index in [-0.39, 0.29) is 4.90 Å². The Morgan fingerprint density at radius 1 is 1.22 bits per heavy atom. The Balaban J connectivity index is 2.12. The average molecular weight is 340 g/mol. The molecule has 1 aliphatic rings. The van der Waals surface area contributed by atoms with Gasteiger partial charge in [0.15, 0.2) is 0 Å². The van der Waals surface area contributed by atoms with Crippen LogP contribution in [0.3, 0.4) is 0 Å². The van der Waals surface area contributed by atoms with E-state index >= 15 is 0 Å². The van der Waals surface area contributed by atoms with Gasteiger partial charge in [0.1, 0.15) is 0 Å². The molecule has 0 unspecified atom stereocenters. The lowest BCUT2D eigenvalue weighted by Gasteiger charge is -2.20. The summed E-state index contributed by atoms with van der Waals surface area (Å²) < 4.78 is 27.1. The quantitative estimate of drug-likeness (QED) is 0.750. The Bertz CT molecular complexity index is 736. The third-order valence-corrected chi connectivity index (χ3v) is 5.05. The highest BCUT2D eigenvalue weighted by Crippen LogP contribution is 2.39. The van der Waals surface area contributed by atoms with E-state index in [2.05, 4.69) is 10.0 Å². The van der Waals surface area contributed by atoms with E-state index in [1.54, 1.807) is 26.8 Å². The highest BCUT2D eigenvalue weighted by Gasteiger charge is 2.48. The van der Waals surface area contributed by atoms with Crippen molar-refractivity contribution in [2.24, 2.45) is 11.8 Å². The molecule has 0 aromatic heterocycles. The molecule has 3 N–H and O–H groups in total. The van der Waals surface area contributed by atoms with Crippen molar-refractivity contribution >= 4 is 27.6 Å². The number of benzene rings is 1. The number of amides is 1. The number of aliphatic carboxylic acids is 1. The number of carboxylic acids is 1. The van der Waals surface area contributed by atoms with E-state index in [4.69, 9.17) is 5.11 Å². The second-order valence-electron chi connectivity index (χ2n) is 6.66. The van der Waals surface area contributed by atoms with Crippen LogP contribution in [0.25, 0.3) is 0 Å². The zero-order valence-corrected chi connectivity index (χ0v) is 14.0. The molecule has 1 aromatic rings. The fraction of sp³-hybridized carbons (Fsp3) is 0.467. The summed E-state index contributed by atoms with van der Waals surface area (Å²) in [4.78, 5) is 22.8. The molecule has 1 aliphatic carbocycles. The zero-order valence-electron chi connectivity index (χ0n) is 13.2. The third-order valence-electron chi connectivity index (χ3n) is 3.30. The summed E-state index contributed by atoms with van der Waals surface area (Å²) in [5.41, 5.74) is -0.302. The van der Waals surface area contributed by atoms with Crippen LogP contribution >= 0.6 is 0 Å². The number of sulfonamides is 1. The van der Waals surface area contributed by atoms with Crippen LogP contribution in [0.1, 0.15) is 27.2 Å². The average Bonchev–Trinajstić information content (AvgIpc) is 3.16. The lowest BCUT2D eigenvalue weighted by atomic mass is 10.1. The molecule has 0 heterocycles. The van der Waals surface area contributed by atoms with Gasteiger partial charge in [0.25, 0.3) is 0 Å². The summed E-state index contributed by atoms with van der Waals surface area (Å²) in [5, 5.41) is 11.4. The van der Waals surface area contributed by atoms with Gasteiger partial charge in [0.05, 0.1) is 16.7 Å². The van der Waals surface area contributed by atoms with Gasteiger partial charge < -0.3 is 10.4 Å². The summed E-state index contributed by atoms with van der Waals surface area (Å²) in [6, 6.07) is 5.87. The van der Waals surface area contributed by atoms with Gasteiger partial charge in [0, 0.05) is 11.2 Å². The molecule has 1 amide bonds. The van der Waals surface area contributed by atoms with Crippen LogP contribution < -0.4 is 10.0 Å². The summed E-state index contributed by atoms with van der Waals surface area (Å²) in [6.45, 7) is 5.19. The SMILES string of the molecule is CC(C)(C)NS(=O)(=O)c1cccc(NC(=O)[C@@H]2C[C@@H]2C(=O)O)c1. The van der Waals surface area contributed by atoms with Crippen molar-refractivity contribution in [1.82, 2.24) is 4.72 Å². The number of hydrogen-bond acceptors (Lipinski definition) is 4. The van der Waals surface area contributed by atoms with Crippen molar-refractivity contribution in [2.75, 3.05) is 5.32 Å². The van der Waals surface area contributed by atoms with E-state index in [9.17, 15) is 18.0 Å². The zero-order chi connectivity index (χ0) is 17.4. The first-order chi connectivity index (χ1) is 10.5. The Morgan fingerprint density at radius 3 is 2.39 bits per heavy atom. The highest BCUT2D eigenvalue weighted by molar-refractivity contribution is 7.89. The predicted octanol–water partition coefficient (Wildman–Crippen LogP) is 1.42. The molecule has 126 valence electrons. The fourth-order valence-electron chi connectivity index (χ4n) is 2.20. The van der Waals surface area contributed by atoms with Crippen molar-refractivity contribution in [2.45, 2.75) is 37.6 Å². The molecule has 0 spiro atoms. The van der Waals surface area contributed by atoms with Crippen LogP contribution in [0.15, 0.2) is 29.2 Å². The van der Waals surface area contributed by atoms with Crippen molar-refractivity contribution in [3.8, 4) is 0 Å². The topological polar surface area (TPSA) is 113 Å². The van der Waals surface area contributed by atoms with Crippen LogP contribution in [0.5, 0.6) is 0 Å². The van der Waals surface area contributed by atoms with Gasteiger partial charge in [-0.05, 0) is 45.4 Å². The molecule has 8 heteroatoms. The molecule has 0 aliphatic heterocycles. The second kappa shape index (κ2) is 5.93. The maximum Gasteiger partial charge on any atom is 0.307 e. The first kappa shape index (κ1) is 17.4. The van der Waals surface area contributed by atoms with Gasteiger partial charge >= 0.3 is 5.97 Å². The molecular weight excluding hydrogens is 320 g/mol.